The minimum absolute atomic E-state index is 0.157. The van der Waals surface area contributed by atoms with Gasteiger partial charge < -0.3 is 19.3 Å². The van der Waals surface area contributed by atoms with E-state index in [-0.39, 0.29) is 23.0 Å². The molecule has 9 heteroatoms. The van der Waals surface area contributed by atoms with Crippen molar-refractivity contribution in [2.24, 2.45) is 0 Å². The first-order valence-electron chi connectivity index (χ1n) is 11.7. The van der Waals surface area contributed by atoms with Crippen LogP contribution in [0.2, 0.25) is 0 Å². The summed E-state index contributed by atoms with van der Waals surface area (Å²) in [5.74, 6) is -0.158. The molecule has 2 saturated heterocycles. The Hall–Kier alpha value is -2.46. The third kappa shape index (κ3) is 5.60. The van der Waals surface area contributed by atoms with Crippen LogP contribution in [0, 0.1) is 0 Å². The number of anilines is 1. The number of hydrogen-bond acceptors (Lipinski definition) is 6. The van der Waals surface area contributed by atoms with Gasteiger partial charge in [0.15, 0.2) is 0 Å². The Morgan fingerprint density at radius 3 is 2.15 bits per heavy atom. The van der Waals surface area contributed by atoms with Crippen molar-refractivity contribution in [3.8, 4) is 0 Å². The van der Waals surface area contributed by atoms with Gasteiger partial charge in [-0.1, -0.05) is 12.1 Å². The molecule has 2 atom stereocenters. The maximum Gasteiger partial charge on any atom is 0.253 e. The number of hydrogen-bond donors (Lipinski definition) is 0. The van der Waals surface area contributed by atoms with E-state index in [0.29, 0.717) is 25.2 Å². The average molecular weight is 488 g/mol. The van der Waals surface area contributed by atoms with Crippen LogP contribution in [0.1, 0.15) is 29.8 Å². The Morgan fingerprint density at radius 2 is 1.56 bits per heavy atom. The number of morpholine rings is 2. The first kappa shape index (κ1) is 24.7. The van der Waals surface area contributed by atoms with Crippen molar-refractivity contribution in [2.45, 2.75) is 37.5 Å². The van der Waals surface area contributed by atoms with Crippen molar-refractivity contribution in [2.75, 3.05) is 51.3 Å². The van der Waals surface area contributed by atoms with Gasteiger partial charge in [-0.25, -0.2) is 8.42 Å². The molecule has 2 aromatic rings. The second-order valence-corrected chi connectivity index (χ2v) is 11.0. The van der Waals surface area contributed by atoms with Crippen LogP contribution in [0.5, 0.6) is 0 Å². The minimum Gasteiger partial charge on any atom is -0.378 e. The van der Waals surface area contributed by atoms with E-state index in [1.807, 2.05) is 26.0 Å². The average Bonchev–Trinajstić information content (AvgIpc) is 2.84. The van der Waals surface area contributed by atoms with Crippen molar-refractivity contribution in [3.05, 3.63) is 59.7 Å². The van der Waals surface area contributed by atoms with Gasteiger partial charge in [0.05, 0.1) is 30.3 Å². The molecule has 0 radical (unpaired) electrons. The van der Waals surface area contributed by atoms with Gasteiger partial charge in [0.25, 0.3) is 5.91 Å². The molecule has 2 aliphatic heterocycles. The molecule has 2 fully saturated rings. The lowest BCUT2D eigenvalue weighted by atomic mass is 10.1. The van der Waals surface area contributed by atoms with Crippen LogP contribution in [0.15, 0.2) is 53.4 Å². The van der Waals surface area contributed by atoms with Gasteiger partial charge in [0.1, 0.15) is 0 Å². The van der Waals surface area contributed by atoms with E-state index in [4.69, 9.17) is 9.47 Å². The fourth-order valence-electron chi connectivity index (χ4n) is 4.45. The van der Waals surface area contributed by atoms with Gasteiger partial charge in [0, 0.05) is 51.0 Å². The molecular weight excluding hydrogens is 454 g/mol. The van der Waals surface area contributed by atoms with E-state index in [0.717, 1.165) is 37.6 Å². The number of benzene rings is 2. The summed E-state index contributed by atoms with van der Waals surface area (Å²) in [7, 11) is -1.89. The van der Waals surface area contributed by atoms with Crippen LogP contribution in [-0.4, -0.2) is 82.2 Å². The van der Waals surface area contributed by atoms with Gasteiger partial charge in [-0.05, 0) is 55.8 Å². The molecule has 1 amide bonds. The molecular formula is C25H33N3O5S. The lowest BCUT2D eigenvalue weighted by Crippen LogP contribution is -2.48. The van der Waals surface area contributed by atoms with Gasteiger partial charge in [0.2, 0.25) is 10.0 Å². The third-order valence-corrected chi connectivity index (χ3v) is 8.05. The summed E-state index contributed by atoms with van der Waals surface area (Å²) >= 11 is 0. The summed E-state index contributed by atoms with van der Waals surface area (Å²) in [4.78, 5) is 17.1. The topological polar surface area (TPSA) is 79.4 Å². The standard InChI is InChI=1S/C25H33N3O5S/c1-19-16-28(17-20(2)33-19)34(30,31)24-10-6-22(7-11-24)25(29)26(3)18-21-4-8-23(9-5-21)27-12-14-32-15-13-27/h4-11,19-20H,12-18H2,1-3H3/t19-,20-/m1/s1. The van der Waals surface area contributed by atoms with E-state index >= 15 is 0 Å². The highest BCUT2D eigenvalue weighted by Gasteiger charge is 2.32. The second kappa shape index (κ2) is 10.4. The molecule has 0 saturated carbocycles. The quantitative estimate of drug-likeness (QED) is 0.623. The predicted molar refractivity (Wildman–Crippen MR) is 130 cm³/mol. The van der Waals surface area contributed by atoms with Gasteiger partial charge in [-0.15, -0.1) is 0 Å². The number of amides is 1. The summed E-state index contributed by atoms with van der Waals surface area (Å²) in [5, 5.41) is 0. The molecule has 184 valence electrons. The Bertz CT molecular complexity index is 1070. The molecule has 0 aliphatic carbocycles. The van der Waals surface area contributed by atoms with E-state index in [1.54, 1.807) is 24.1 Å². The zero-order chi connectivity index (χ0) is 24.3. The fraction of sp³-hybridized carbons (Fsp3) is 0.480. The molecule has 0 bridgehead atoms. The molecule has 0 unspecified atom stereocenters. The monoisotopic (exact) mass is 487 g/mol. The third-order valence-electron chi connectivity index (χ3n) is 6.20. The Morgan fingerprint density at radius 1 is 0.971 bits per heavy atom. The van der Waals surface area contributed by atoms with Gasteiger partial charge >= 0.3 is 0 Å². The Balaban J connectivity index is 1.39. The first-order valence-corrected chi connectivity index (χ1v) is 13.1. The highest BCUT2D eigenvalue weighted by atomic mass is 32.2. The van der Waals surface area contributed by atoms with Crippen LogP contribution in [-0.2, 0) is 26.0 Å². The van der Waals surface area contributed by atoms with E-state index in [1.165, 1.54) is 16.4 Å². The van der Waals surface area contributed by atoms with E-state index in [9.17, 15) is 13.2 Å². The fourth-order valence-corrected chi connectivity index (χ4v) is 6.04. The highest BCUT2D eigenvalue weighted by molar-refractivity contribution is 7.89. The molecule has 2 aromatic carbocycles. The zero-order valence-electron chi connectivity index (χ0n) is 20.0. The summed E-state index contributed by atoms with van der Waals surface area (Å²) in [6.45, 7) is 8.08. The number of ether oxygens (including phenoxy) is 2. The summed E-state index contributed by atoms with van der Waals surface area (Å²) in [6.07, 6.45) is -0.313. The molecule has 2 heterocycles. The Labute approximate surface area is 202 Å². The number of carbonyl (C=O) groups excluding carboxylic acids is 1. The molecule has 0 spiro atoms. The van der Waals surface area contributed by atoms with Crippen LogP contribution in [0.3, 0.4) is 0 Å². The van der Waals surface area contributed by atoms with Gasteiger partial charge in [-0.2, -0.15) is 4.31 Å². The smallest absolute Gasteiger partial charge is 0.253 e. The summed E-state index contributed by atoms with van der Waals surface area (Å²) < 4.78 is 38.6. The van der Waals surface area contributed by atoms with Crippen molar-refractivity contribution < 1.29 is 22.7 Å². The summed E-state index contributed by atoms with van der Waals surface area (Å²) in [5.41, 5.74) is 2.64. The largest absolute Gasteiger partial charge is 0.378 e. The van der Waals surface area contributed by atoms with Crippen molar-refractivity contribution in [1.29, 1.82) is 0 Å². The molecule has 0 N–H and O–H groups in total. The second-order valence-electron chi connectivity index (χ2n) is 9.03. The van der Waals surface area contributed by atoms with E-state index < -0.39 is 10.0 Å². The number of rotatable bonds is 6. The van der Waals surface area contributed by atoms with Crippen LogP contribution >= 0.6 is 0 Å². The highest BCUT2D eigenvalue weighted by Crippen LogP contribution is 2.22. The maximum atomic E-state index is 13.0. The number of nitrogens with zero attached hydrogens (tertiary/aromatic N) is 3. The van der Waals surface area contributed by atoms with E-state index in [2.05, 4.69) is 17.0 Å². The minimum atomic E-state index is -3.64. The summed E-state index contributed by atoms with van der Waals surface area (Å²) in [6, 6.07) is 14.4. The van der Waals surface area contributed by atoms with Gasteiger partial charge in [-0.3, -0.25) is 4.79 Å². The van der Waals surface area contributed by atoms with Crippen molar-refractivity contribution >= 4 is 21.6 Å². The lowest BCUT2D eigenvalue weighted by molar-refractivity contribution is -0.0440. The lowest BCUT2D eigenvalue weighted by Gasteiger charge is -2.34. The molecule has 0 aromatic heterocycles. The number of sulfonamides is 1. The SMILES string of the molecule is C[C@@H]1CN(S(=O)(=O)c2ccc(C(=O)N(C)Cc3ccc(N4CCOCC4)cc3)cc2)C[C@@H](C)O1. The normalized spacial score (nSPS) is 21.9. The molecule has 4 rings (SSSR count). The zero-order valence-corrected chi connectivity index (χ0v) is 20.8. The predicted octanol–water partition coefficient (Wildman–Crippen LogP) is 2.59. The number of carbonyl (C=O) groups is 1. The van der Waals surface area contributed by atoms with Crippen molar-refractivity contribution in [1.82, 2.24) is 9.21 Å². The molecule has 34 heavy (non-hydrogen) atoms. The molecule has 8 nitrogen and oxygen atoms in total. The molecule has 2 aliphatic rings. The van der Waals surface area contributed by atoms with Crippen LogP contribution < -0.4 is 4.90 Å². The van der Waals surface area contributed by atoms with Crippen LogP contribution in [0.25, 0.3) is 0 Å². The van der Waals surface area contributed by atoms with Crippen molar-refractivity contribution in [3.63, 3.8) is 0 Å². The van der Waals surface area contributed by atoms with Crippen LogP contribution in [0.4, 0.5) is 5.69 Å². The first-order chi connectivity index (χ1) is 16.2. The maximum absolute atomic E-state index is 13.0. The Kier molecular flexibility index (Phi) is 7.57.